The second-order valence-corrected chi connectivity index (χ2v) is 10.6. The van der Waals surface area contributed by atoms with Gasteiger partial charge in [0.25, 0.3) is 0 Å². The summed E-state index contributed by atoms with van der Waals surface area (Å²) in [6.07, 6.45) is 3.96. The standard InChI is InChI=1S/C26H30ClN5OS/c1-17(2)15-33-24-9-7-19(27)13-22(24)30-26-31-23(16-34-26)25-28-20-8-6-18(12-21(20)29-25)14-32-10-4-3-5-11-32/h6-9,12-13,16-17H,3-5,10-11,14-15H2,1-2H3,(H,28,29)(H,30,31). The molecule has 178 valence electrons. The number of fused-ring (bicyclic) bond motifs is 1. The highest BCUT2D eigenvalue weighted by Gasteiger charge is 2.14. The molecular weight excluding hydrogens is 466 g/mol. The van der Waals surface area contributed by atoms with E-state index >= 15 is 0 Å². The quantitative estimate of drug-likeness (QED) is 0.273. The molecule has 0 spiro atoms. The van der Waals surface area contributed by atoms with Crippen LogP contribution in [0.3, 0.4) is 0 Å². The number of nitrogens with one attached hydrogen (secondary N) is 2. The van der Waals surface area contributed by atoms with Gasteiger partial charge in [-0.05, 0) is 67.7 Å². The fourth-order valence-electron chi connectivity index (χ4n) is 4.19. The van der Waals surface area contributed by atoms with Crippen LogP contribution >= 0.6 is 22.9 Å². The monoisotopic (exact) mass is 495 g/mol. The molecule has 4 aromatic rings. The molecule has 1 saturated heterocycles. The molecule has 2 N–H and O–H groups in total. The summed E-state index contributed by atoms with van der Waals surface area (Å²) in [6.45, 7) is 8.27. The number of anilines is 2. The summed E-state index contributed by atoms with van der Waals surface area (Å²) in [7, 11) is 0. The molecular formula is C26H30ClN5OS. The van der Waals surface area contributed by atoms with Crippen LogP contribution in [0, 0.1) is 5.92 Å². The van der Waals surface area contributed by atoms with Crippen molar-refractivity contribution in [3.63, 3.8) is 0 Å². The highest BCUT2D eigenvalue weighted by atomic mass is 35.5. The number of ether oxygens (including phenoxy) is 1. The first-order valence-electron chi connectivity index (χ1n) is 11.9. The molecule has 0 radical (unpaired) electrons. The van der Waals surface area contributed by atoms with E-state index in [1.54, 1.807) is 0 Å². The Morgan fingerprint density at radius 1 is 1.12 bits per heavy atom. The van der Waals surface area contributed by atoms with E-state index in [4.69, 9.17) is 26.3 Å². The number of halogens is 1. The van der Waals surface area contributed by atoms with Gasteiger partial charge < -0.3 is 15.0 Å². The minimum absolute atomic E-state index is 0.434. The van der Waals surface area contributed by atoms with Crippen molar-refractivity contribution < 1.29 is 4.74 Å². The number of H-pyrrole nitrogens is 1. The Balaban J connectivity index is 1.32. The van der Waals surface area contributed by atoms with E-state index in [2.05, 4.69) is 47.2 Å². The third kappa shape index (κ3) is 5.54. The minimum Gasteiger partial charge on any atom is -0.491 e. The van der Waals surface area contributed by atoms with Crippen LogP contribution in [0.2, 0.25) is 5.02 Å². The predicted molar refractivity (Wildman–Crippen MR) is 141 cm³/mol. The first kappa shape index (κ1) is 23.1. The lowest BCUT2D eigenvalue weighted by molar-refractivity contribution is 0.221. The van der Waals surface area contributed by atoms with Crippen LogP contribution in [0.1, 0.15) is 38.7 Å². The molecule has 1 aliphatic rings. The van der Waals surface area contributed by atoms with Gasteiger partial charge in [-0.15, -0.1) is 11.3 Å². The van der Waals surface area contributed by atoms with Gasteiger partial charge in [0.1, 0.15) is 11.4 Å². The molecule has 0 unspecified atom stereocenters. The number of benzene rings is 2. The molecule has 5 rings (SSSR count). The topological polar surface area (TPSA) is 66.1 Å². The van der Waals surface area contributed by atoms with Crippen LogP contribution in [0.4, 0.5) is 10.8 Å². The average Bonchev–Trinajstić information content (AvgIpc) is 3.46. The van der Waals surface area contributed by atoms with Crippen molar-refractivity contribution in [2.75, 3.05) is 25.0 Å². The number of rotatable bonds is 8. The Morgan fingerprint density at radius 3 is 2.79 bits per heavy atom. The maximum Gasteiger partial charge on any atom is 0.187 e. The summed E-state index contributed by atoms with van der Waals surface area (Å²) in [5.74, 6) is 1.97. The average molecular weight is 496 g/mol. The molecule has 8 heteroatoms. The largest absolute Gasteiger partial charge is 0.491 e. The van der Waals surface area contributed by atoms with E-state index in [1.807, 2.05) is 23.6 Å². The number of aromatic nitrogens is 3. The van der Waals surface area contributed by atoms with Crippen LogP contribution in [0.15, 0.2) is 41.8 Å². The van der Waals surface area contributed by atoms with Crippen LogP contribution in [0.25, 0.3) is 22.6 Å². The molecule has 2 aromatic carbocycles. The third-order valence-corrected chi connectivity index (χ3v) is 6.90. The molecule has 0 saturated carbocycles. The number of likely N-dealkylation sites (tertiary alicyclic amines) is 1. The predicted octanol–water partition coefficient (Wildman–Crippen LogP) is 7.10. The number of aromatic amines is 1. The van der Waals surface area contributed by atoms with E-state index in [0.717, 1.165) is 45.7 Å². The van der Waals surface area contributed by atoms with Gasteiger partial charge in [0, 0.05) is 16.9 Å². The molecule has 0 atom stereocenters. The van der Waals surface area contributed by atoms with Crippen molar-refractivity contribution in [2.24, 2.45) is 5.92 Å². The molecule has 0 bridgehead atoms. The van der Waals surface area contributed by atoms with Gasteiger partial charge in [-0.25, -0.2) is 9.97 Å². The first-order chi connectivity index (χ1) is 16.5. The lowest BCUT2D eigenvalue weighted by Gasteiger charge is -2.26. The lowest BCUT2D eigenvalue weighted by atomic mass is 10.1. The highest BCUT2D eigenvalue weighted by Crippen LogP contribution is 2.33. The molecule has 2 aromatic heterocycles. The smallest absolute Gasteiger partial charge is 0.187 e. The van der Waals surface area contributed by atoms with Gasteiger partial charge in [0.05, 0.1) is 23.3 Å². The Bertz CT molecular complexity index is 1260. The number of piperidine rings is 1. The molecule has 0 aliphatic carbocycles. The zero-order valence-corrected chi connectivity index (χ0v) is 21.2. The lowest BCUT2D eigenvalue weighted by Crippen LogP contribution is -2.29. The molecule has 0 amide bonds. The van der Waals surface area contributed by atoms with Gasteiger partial charge in [0.15, 0.2) is 11.0 Å². The van der Waals surface area contributed by atoms with Gasteiger partial charge in [0.2, 0.25) is 0 Å². The second kappa shape index (κ2) is 10.3. The molecule has 6 nitrogen and oxygen atoms in total. The summed E-state index contributed by atoms with van der Waals surface area (Å²) < 4.78 is 5.96. The zero-order valence-electron chi connectivity index (χ0n) is 19.6. The van der Waals surface area contributed by atoms with Crippen LogP contribution < -0.4 is 10.1 Å². The molecule has 34 heavy (non-hydrogen) atoms. The Labute approximate surface area is 209 Å². The van der Waals surface area contributed by atoms with Crippen molar-refractivity contribution in [3.05, 3.63) is 52.4 Å². The molecule has 1 fully saturated rings. The Morgan fingerprint density at radius 2 is 1.97 bits per heavy atom. The zero-order chi connectivity index (χ0) is 23.5. The summed E-state index contributed by atoms with van der Waals surface area (Å²) in [5.41, 5.74) is 4.94. The number of imidazole rings is 1. The van der Waals surface area contributed by atoms with E-state index in [1.165, 1.54) is 49.3 Å². The Kier molecular flexibility index (Phi) is 7.04. The van der Waals surface area contributed by atoms with Crippen LogP contribution in [-0.2, 0) is 6.54 Å². The van der Waals surface area contributed by atoms with Gasteiger partial charge in [-0.2, -0.15) is 0 Å². The van der Waals surface area contributed by atoms with E-state index in [-0.39, 0.29) is 0 Å². The highest BCUT2D eigenvalue weighted by molar-refractivity contribution is 7.14. The normalized spacial score (nSPS) is 14.7. The van der Waals surface area contributed by atoms with Crippen molar-refractivity contribution in [1.82, 2.24) is 19.9 Å². The van der Waals surface area contributed by atoms with Crippen molar-refractivity contribution in [1.29, 1.82) is 0 Å². The molecule has 1 aliphatic heterocycles. The number of thiazole rings is 1. The van der Waals surface area contributed by atoms with E-state index in [9.17, 15) is 0 Å². The maximum absolute atomic E-state index is 6.24. The van der Waals surface area contributed by atoms with Crippen molar-refractivity contribution >= 4 is 44.8 Å². The maximum atomic E-state index is 6.24. The van der Waals surface area contributed by atoms with E-state index in [0.29, 0.717) is 17.5 Å². The van der Waals surface area contributed by atoms with Crippen molar-refractivity contribution in [2.45, 2.75) is 39.7 Å². The van der Waals surface area contributed by atoms with Crippen LogP contribution in [0.5, 0.6) is 5.75 Å². The van der Waals surface area contributed by atoms with Crippen LogP contribution in [-0.4, -0.2) is 39.5 Å². The van der Waals surface area contributed by atoms with Gasteiger partial charge in [-0.1, -0.05) is 37.9 Å². The fraction of sp³-hybridized carbons (Fsp3) is 0.385. The minimum atomic E-state index is 0.434. The summed E-state index contributed by atoms with van der Waals surface area (Å²) in [6, 6.07) is 12.1. The van der Waals surface area contributed by atoms with Crippen molar-refractivity contribution in [3.8, 4) is 17.3 Å². The summed E-state index contributed by atoms with van der Waals surface area (Å²) >= 11 is 7.76. The number of hydrogen-bond donors (Lipinski definition) is 2. The fourth-order valence-corrected chi connectivity index (χ4v) is 5.07. The Hall–Kier alpha value is -2.61. The van der Waals surface area contributed by atoms with Gasteiger partial charge in [-0.3, -0.25) is 4.90 Å². The van der Waals surface area contributed by atoms with Gasteiger partial charge >= 0.3 is 0 Å². The number of nitrogens with zero attached hydrogens (tertiary/aromatic N) is 3. The third-order valence-electron chi connectivity index (χ3n) is 5.90. The first-order valence-corrected chi connectivity index (χ1v) is 13.2. The summed E-state index contributed by atoms with van der Waals surface area (Å²) in [4.78, 5) is 15.5. The SMILES string of the molecule is CC(C)COc1ccc(Cl)cc1Nc1nc(-c2nc3ccc(CN4CCCCC4)cc3[nH]2)cs1. The second-order valence-electron chi connectivity index (χ2n) is 9.28. The number of hydrogen-bond acceptors (Lipinski definition) is 6. The molecule has 3 heterocycles. The summed E-state index contributed by atoms with van der Waals surface area (Å²) in [5, 5.41) is 6.78. The van der Waals surface area contributed by atoms with E-state index < -0.39 is 0 Å².